The second kappa shape index (κ2) is 3.06. The van der Waals surface area contributed by atoms with Crippen LogP contribution in [0.25, 0.3) is 0 Å². The lowest BCUT2D eigenvalue weighted by atomic mass is 10.0. The zero-order valence-corrected chi connectivity index (χ0v) is 7.93. The zero-order valence-electron chi connectivity index (χ0n) is 7.93. The average molecular weight is 192 g/mol. The summed E-state index contributed by atoms with van der Waals surface area (Å²) < 4.78 is 0. The van der Waals surface area contributed by atoms with Gasteiger partial charge in [0.25, 0.3) is 5.69 Å². The van der Waals surface area contributed by atoms with Crippen molar-refractivity contribution in [2.75, 3.05) is 0 Å². The smallest absolute Gasteiger partial charge is 0.275 e. The highest BCUT2D eigenvalue weighted by Crippen LogP contribution is 2.43. The van der Waals surface area contributed by atoms with E-state index >= 15 is 0 Å². The van der Waals surface area contributed by atoms with Crippen molar-refractivity contribution in [1.29, 1.82) is 0 Å². The molecule has 14 heavy (non-hydrogen) atoms. The summed E-state index contributed by atoms with van der Waals surface area (Å²) in [6, 6.07) is 5.52. The molecule has 0 aromatic heterocycles. The number of rotatable bonds is 2. The lowest BCUT2D eigenvalue weighted by molar-refractivity contribution is -0.386. The minimum atomic E-state index is -0.310. The molecular formula is C10H12N2O2. The van der Waals surface area contributed by atoms with Gasteiger partial charge in [0.15, 0.2) is 0 Å². The fourth-order valence-electron chi connectivity index (χ4n) is 1.80. The van der Waals surface area contributed by atoms with Crippen LogP contribution >= 0.6 is 0 Å². The molecule has 1 fully saturated rings. The number of hydrogen-bond donors (Lipinski definition) is 1. The Bertz CT molecular complexity index is 390. The van der Waals surface area contributed by atoms with Crippen molar-refractivity contribution in [1.82, 2.24) is 0 Å². The lowest BCUT2D eigenvalue weighted by Crippen LogP contribution is -2.04. The third-order valence-corrected chi connectivity index (χ3v) is 2.69. The summed E-state index contributed by atoms with van der Waals surface area (Å²) >= 11 is 0. The number of nitro groups is 1. The van der Waals surface area contributed by atoms with Gasteiger partial charge in [-0.3, -0.25) is 10.1 Å². The molecule has 1 aliphatic rings. The van der Waals surface area contributed by atoms with Crippen molar-refractivity contribution < 1.29 is 4.92 Å². The Morgan fingerprint density at radius 2 is 2.21 bits per heavy atom. The predicted octanol–water partition coefficient (Wildman–Crippen LogP) is 1.72. The maximum Gasteiger partial charge on any atom is 0.275 e. The molecule has 0 aliphatic heterocycles. The van der Waals surface area contributed by atoms with Crippen molar-refractivity contribution in [3.05, 3.63) is 39.4 Å². The second-order valence-corrected chi connectivity index (χ2v) is 3.78. The fourth-order valence-corrected chi connectivity index (χ4v) is 1.80. The Labute approximate surface area is 81.9 Å². The molecular weight excluding hydrogens is 180 g/mol. The molecule has 1 saturated carbocycles. The van der Waals surface area contributed by atoms with Crippen molar-refractivity contribution in [2.45, 2.75) is 25.3 Å². The maximum absolute atomic E-state index is 10.8. The van der Waals surface area contributed by atoms with E-state index in [1.165, 1.54) is 0 Å². The first-order chi connectivity index (χ1) is 6.61. The van der Waals surface area contributed by atoms with E-state index in [1.54, 1.807) is 13.0 Å². The Morgan fingerprint density at radius 3 is 2.71 bits per heavy atom. The molecule has 0 spiro atoms. The molecule has 1 aromatic rings. The van der Waals surface area contributed by atoms with E-state index in [1.807, 2.05) is 12.1 Å². The Morgan fingerprint density at radius 1 is 1.57 bits per heavy atom. The van der Waals surface area contributed by atoms with Gasteiger partial charge >= 0.3 is 0 Å². The van der Waals surface area contributed by atoms with Gasteiger partial charge < -0.3 is 5.73 Å². The Hall–Kier alpha value is -1.42. The lowest BCUT2D eigenvalue weighted by Gasteiger charge is -2.03. The Balaban J connectivity index is 2.48. The van der Waals surface area contributed by atoms with Gasteiger partial charge in [0.2, 0.25) is 0 Å². The van der Waals surface area contributed by atoms with Gasteiger partial charge in [0.1, 0.15) is 0 Å². The molecule has 4 heteroatoms. The van der Waals surface area contributed by atoms with Crippen molar-refractivity contribution in [2.24, 2.45) is 5.73 Å². The summed E-state index contributed by atoms with van der Waals surface area (Å²) in [4.78, 5) is 10.5. The quantitative estimate of drug-likeness (QED) is 0.573. The van der Waals surface area contributed by atoms with Crippen LogP contribution in [0.1, 0.15) is 23.5 Å². The van der Waals surface area contributed by atoms with E-state index in [4.69, 9.17) is 5.73 Å². The van der Waals surface area contributed by atoms with Crippen molar-refractivity contribution in [3.63, 3.8) is 0 Å². The van der Waals surface area contributed by atoms with Gasteiger partial charge in [-0.15, -0.1) is 0 Å². The Kier molecular flexibility index (Phi) is 2.00. The SMILES string of the molecule is Cc1cccc(C2CC2N)c1[N+](=O)[O-]. The first-order valence-electron chi connectivity index (χ1n) is 4.60. The standard InChI is InChI=1S/C10H12N2O2/c1-6-3-2-4-7(8-5-9(8)11)10(6)12(13)14/h2-4,8-9H,5,11H2,1H3. The van der Waals surface area contributed by atoms with Crippen LogP contribution in [-0.2, 0) is 0 Å². The fraction of sp³-hybridized carbons (Fsp3) is 0.400. The third kappa shape index (κ3) is 1.37. The average Bonchev–Trinajstić information content (AvgIpc) is 2.81. The van der Waals surface area contributed by atoms with Gasteiger partial charge in [-0.1, -0.05) is 18.2 Å². The summed E-state index contributed by atoms with van der Waals surface area (Å²) in [7, 11) is 0. The summed E-state index contributed by atoms with van der Waals surface area (Å²) in [6.07, 6.45) is 0.865. The van der Waals surface area contributed by atoms with E-state index in [2.05, 4.69) is 0 Å². The number of para-hydroxylation sites is 1. The minimum Gasteiger partial charge on any atom is -0.327 e. The normalized spacial score (nSPS) is 24.7. The van der Waals surface area contributed by atoms with Crippen LogP contribution in [0, 0.1) is 17.0 Å². The molecule has 2 rings (SSSR count). The monoisotopic (exact) mass is 192 g/mol. The number of nitrogens with two attached hydrogens (primary N) is 1. The predicted molar refractivity (Wildman–Crippen MR) is 53.2 cm³/mol. The van der Waals surface area contributed by atoms with E-state index in [0.717, 1.165) is 12.0 Å². The number of nitro benzene ring substituents is 1. The van der Waals surface area contributed by atoms with Gasteiger partial charge in [-0.2, -0.15) is 0 Å². The van der Waals surface area contributed by atoms with Crippen LogP contribution in [0.3, 0.4) is 0 Å². The van der Waals surface area contributed by atoms with E-state index < -0.39 is 0 Å². The number of benzene rings is 1. The number of aryl methyl sites for hydroxylation is 1. The highest BCUT2D eigenvalue weighted by atomic mass is 16.6. The molecule has 4 nitrogen and oxygen atoms in total. The van der Waals surface area contributed by atoms with Gasteiger partial charge in [0.05, 0.1) is 4.92 Å². The first kappa shape index (κ1) is 9.15. The summed E-state index contributed by atoms with van der Waals surface area (Å²) in [5.41, 5.74) is 7.44. The second-order valence-electron chi connectivity index (χ2n) is 3.78. The van der Waals surface area contributed by atoms with E-state index in [-0.39, 0.29) is 22.6 Å². The van der Waals surface area contributed by atoms with Crippen molar-refractivity contribution >= 4 is 5.69 Å². The highest BCUT2D eigenvalue weighted by Gasteiger charge is 2.39. The molecule has 2 N–H and O–H groups in total. The molecule has 0 amide bonds. The van der Waals surface area contributed by atoms with E-state index in [9.17, 15) is 10.1 Å². The largest absolute Gasteiger partial charge is 0.327 e. The molecule has 0 bridgehead atoms. The highest BCUT2D eigenvalue weighted by molar-refractivity contribution is 5.51. The van der Waals surface area contributed by atoms with E-state index in [0.29, 0.717) is 5.56 Å². The molecule has 0 radical (unpaired) electrons. The zero-order chi connectivity index (χ0) is 10.3. The molecule has 0 heterocycles. The molecule has 2 atom stereocenters. The minimum absolute atomic E-state index is 0.107. The summed E-state index contributed by atoms with van der Waals surface area (Å²) in [5.74, 6) is 0.190. The van der Waals surface area contributed by atoms with Gasteiger partial charge in [-0.25, -0.2) is 0 Å². The molecule has 2 unspecified atom stereocenters. The third-order valence-electron chi connectivity index (χ3n) is 2.69. The van der Waals surface area contributed by atoms with Crippen molar-refractivity contribution in [3.8, 4) is 0 Å². The topological polar surface area (TPSA) is 69.2 Å². The van der Waals surface area contributed by atoms with Crippen LogP contribution in [0.4, 0.5) is 5.69 Å². The van der Waals surface area contributed by atoms with Crippen LogP contribution in [0.2, 0.25) is 0 Å². The number of nitrogens with zero attached hydrogens (tertiary/aromatic N) is 1. The molecule has 0 saturated heterocycles. The molecule has 1 aromatic carbocycles. The van der Waals surface area contributed by atoms with Gasteiger partial charge in [0, 0.05) is 23.1 Å². The number of hydrogen-bond acceptors (Lipinski definition) is 3. The van der Waals surface area contributed by atoms with Crippen LogP contribution in [0.5, 0.6) is 0 Å². The molecule has 74 valence electrons. The maximum atomic E-state index is 10.8. The van der Waals surface area contributed by atoms with Crippen LogP contribution in [0.15, 0.2) is 18.2 Å². The summed E-state index contributed by atoms with van der Waals surface area (Å²) in [6.45, 7) is 1.76. The van der Waals surface area contributed by atoms with Crippen LogP contribution in [-0.4, -0.2) is 11.0 Å². The van der Waals surface area contributed by atoms with Gasteiger partial charge in [-0.05, 0) is 13.3 Å². The van der Waals surface area contributed by atoms with Crippen LogP contribution < -0.4 is 5.73 Å². The molecule has 1 aliphatic carbocycles. The summed E-state index contributed by atoms with van der Waals surface area (Å²) in [5, 5.41) is 10.8. The first-order valence-corrected chi connectivity index (χ1v) is 4.60.